The standard InChI is InChI=1S/C52H54N10O8S/c1-28-24-58(30-12-15-60-32(20-30)27-70-42-22-37-36(21-41(42)60)49(66)62(50(37)67)40-8-10-45(64)56-48(40)65)17-18-59(28)31-7-9-44(54-23-31)55-39-19-29(25-57(2)51(39)68)33-11-14-53-47(38(33)26-63)61-16-13-35-34-5-3-4-6-43(34)71-46(35)52(61)69/h7,9,11,14,19,21-23,25,28,30,32,40,63H,3-6,8,10,12-13,15-18,20,24,26-27H2,1-2H3,(H,54,55)(H,56,64,65)/t28-,30-,32+,40?/m0/s1/i2D3. The number of fused-ring (bicyclic) bond motifs is 7. The zero-order chi connectivity index (χ0) is 51.3. The first-order valence-electron chi connectivity index (χ1n) is 26.0. The maximum Gasteiger partial charge on any atom is 0.274 e. The molecule has 366 valence electrons. The summed E-state index contributed by atoms with van der Waals surface area (Å²) >= 11 is 1.56. The molecule has 71 heavy (non-hydrogen) atoms. The number of imide groups is 2. The Labute approximate surface area is 417 Å². The van der Waals surface area contributed by atoms with E-state index in [1.807, 2.05) is 6.07 Å². The lowest BCUT2D eigenvalue weighted by Gasteiger charge is -2.50. The van der Waals surface area contributed by atoms with Gasteiger partial charge in [0.25, 0.3) is 23.3 Å². The number of aliphatic hydroxyl groups excluding tert-OH is 1. The van der Waals surface area contributed by atoms with Crippen LogP contribution in [-0.2, 0) is 42.4 Å². The molecule has 7 aliphatic rings. The van der Waals surface area contributed by atoms with Gasteiger partial charge in [-0.3, -0.25) is 48.8 Å². The van der Waals surface area contributed by atoms with E-state index in [9.17, 15) is 33.9 Å². The van der Waals surface area contributed by atoms with Gasteiger partial charge in [-0.05, 0) is 111 Å². The third-order valence-electron chi connectivity index (χ3n) is 15.5. The normalized spacial score (nSPS) is 24.0. The summed E-state index contributed by atoms with van der Waals surface area (Å²) in [5, 5.41) is 16.2. The first-order valence-corrected chi connectivity index (χ1v) is 25.3. The van der Waals surface area contributed by atoms with Crippen LogP contribution in [0.25, 0.3) is 11.1 Å². The number of carbonyl (C=O) groups excluding carboxylic acids is 5. The molecule has 3 fully saturated rings. The van der Waals surface area contributed by atoms with Gasteiger partial charge in [0, 0.05) is 90.7 Å². The lowest BCUT2D eigenvalue weighted by atomic mass is 9.92. The summed E-state index contributed by atoms with van der Waals surface area (Å²) in [6.07, 6.45) is 11.2. The van der Waals surface area contributed by atoms with E-state index in [1.54, 1.807) is 52.8 Å². The molecule has 1 aliphatic carbocycles. The average Bonchev–Trinajstić information content (AvgIpc) is 3.89. The minimum atomic E-state index is -2.84. The second-order valence-corrected chi connectivity index (χ2v) is 20.7. The van der Waals surface area contributed by atoms with Crippen LogP contribution in [0, 0.1) is 0 Å². The molecule has 3 N–H and O–H groups in total. The monoisotopic (exact) mass is 981 g/mol. The Bertz CT molecular complexity index is 3250. The van der Waals surface area contributed by atoms with Gasteiger partial charge < -0.3 is 29.5 Å². The summed E-state index contributed by atoms with van der Waals surface area (Å²) in [5.41, 5.74) is 4.80. The highest BCUT2D eigenvalue weighted by Crippen LogP contribution is 2.44. The minimum absolute atomic E-state index is 0.0345. The maximum absolute atomic E-state index is 14.1. The van der Waals surface area contributed by atoms with Crippen molar-refractivity contribution >= 4 is 69.6 Å². The molecule has 18 nitrogen and oxygen atoms in total. The van der Waals surface area contributed by atoms with E-state index in [-0.39, 0.29) is 53.7 Å². The lowest BCUT2D eigenvalue weighted by molar-refractivity contribution is -0.136. The number of aryl methyl sites for hydroxylation is 2. The number of anilines is 5. The zero-order valence-electron chi connectivity index (χ0n) is 42.1. The Morgan fingerprint density at radius 1 is 0.873 bits per heavy atom. The molecular weight excluding hydrogens is 925 g/mol. The van der Waals surface area contributed by atoms with Crippen LogP contribution in [0.4, 0.5) is 28.7 Å². The first-order chi connectivity index (χ1) is 35.6. The smallest absolute Gasteiger partial charge is 0.274 e. The Hall–Kier alpha value is -6.96. The minimum Gasteiger partial charge on any atom is -0.489 e. The number of hydrogen-bond acceptors (Lipinski definition) is 15. The molecule has 6 aliphatic heterocycles. The highest BCUT2D eigenvalue weighted by atomic mass is 32.1. The second-order valence-electron chi connectivity index (χ2n) is 19.6. The maximum atomic E-state index is 14.1. The third kappa shape index (κ3) is 7.67. The Balaban J connectivity index is 0.717. The van der Waals surface area contributed by atoms with Crippen LogP contribution in [0.5, 0.6) is 5.75 Å². The summed E-state index contributed by atoms with van der Waals surface area (Å²) in [6.45, 7) is 2.71. The fraction of sp³-hybridized carbons (Fsp3) is 0.423. The van der Waals surface area contributed by atoms with E-state index in [4.69, 9.17) is 8.85 Å². The van der Waals surface area contributed by atoms with Gasteiger partial charge in [0.2, 0.25) is 11.8 Å². The van der Waals surface area contributed by atoms with Crippen molar-refractivity contribution in [1.82, 2.24) is 29.7 Å². The van der Waals surface area contributed by atoms with Gasteiger partial charge in [0.15, 0.2) is 0 Å². The highest BCUT2D eigenvalue weighted by Gasteiger charge is 2.47. The number of rotatable bonds is 8. The molecule has 12 rings (SSSR count). The number of piperazine rings is 1. The number of hydrogen-bond donors (Lipinski definition) is 3. The van der Waals surface area contributed by atoms with Crippen molar-refractivity contribution in [3.63, 3.8) is 0 Å². The van der Waals surface area contributed by atoms with Crippen LogP contribution in [0.15, 0.2) is 59.8 Å². The number of pyridine rings is 3. The van der Waals surface area contributed by atoms with Crippen molar-refractivity contribution in [3.05, 3.63) is 103 Å². The van der Waals surface area contributed by atoms with Gasteiger partial charge in [-0.2, -0.15) is 0 Å². The molecule has 0 bridgehead atoms. The Kier molecular flexibility index (Phi) is 10.4. The summed E-state index contributed by atoms with van der Waals surface area (Å²) in [7, 11) is 0. The van der Waals surface area contributed by atoms with Gasteiger partial charge in [0.05, 0.1) is 46.2 Å². The van der Waals surface area contributed by atoms with Crippen molar-refractivity contribution in [1.29, 1.82) is 0 Å². The molecule has 4 atom stereocenters. The predicted molar refractivity (Wildman–Crippen MR) is 266 cm³/mol. The summed E-state index contributed by atoms with van der Waals surface area (Å²) in [5.74, 6) is -1.20. The number of aliphatic hydroxyl groups is 1. The van der Waals surface area contributed by atoms with E-state index in [2.05, 4.69) is 42.2 Å². The predicted octanol–water partition coefficient (Wildman–Crippen LogP) is 4.56. The van der Waals surface area contributed by atoms with Crippen LogP contribution < -0.4 is 35.6 Å². The number of benzene rings is 1. The number of amides is 5. The van der Waals surface area contributed by atoms with Crippen LogP contribution in [0.2, 0.25) is 0 Å². The van der Waals surface area contributed by atoms with Gasteiger partial charge >= 0.3 is 0 Å². The molecule has 4 aromatic heterocycles. The SMILES string of the molecule is [2H]C([2H])([2H])n1cc(-c2ccnc(N3CCc4c(sc5c4CCCC5)C3=O)c2CO)cc(Nc2ccc(N3CCN([C@H]4CCN5c6cc7c(cc6OC[C@H]5C4)C(=O)N(C4CCC(=O)NC4=O)C7=O)C[C@@H]3C)cn2)c1=O. The van der Waals surface area contributed by atoms with Crippen LogP contribution >= 0.6 is 11.3 Å². The van der Waals surface area contributed by atoms with Gasteiger partial charge in [-0.25, -0.2) is 9.97 Å². The van der Waals surface area contributed by atoms with Gasteiger partial charge in [-0.1, -0.05) is 0 Å². The van der Waals surface area contributed by atoms with Crippen molar-refractivity contribution in [2.75, 3.05) is 59.3 Å². The molecule has 19 heteroatoms. The van der Waals surface area contributed by atoms with Crippen molar-refractivity contribution in [2.24, 2.45) is 6.98 Å². The topological polar surface area (TPSA) is 203 Å². The molecule has 0 radical (unpaired) electrons. The fourth-order valence-electron chi connectivity index (χ4n) is 12.0. The van der Waals surface area contributed by atoms with E-state index in [0.717, 1.165) is 86.5 Å². The number of nitrogens with one attached hydrogen (secondary N) is 2. The van der Waals surface area contributed by atoms with Crippen molar-refractivity contribution < 1.29 is 37.9 Å². The molecule has 3 saturated heterocycles. The van der Waals surface area contributed by atoms with E-state index in [1.165, 1.54) is 22.8 Å². The number of piperidine rings is 2. The molecule has 5 aromatic rings. The highest BCUT2D eigenvalue weighted by molar-refractivity contribution is 7.14. The van der Waals surface area contributed by atoms with Crippen molar-refractivity contribution in [2.45, 2.75) is 95.5 Å². The Morgan fingerprint density at radius 3 is 2.51 bits per heavy atom. The number of ether oxygens (including phenoxy) is 1. The molecule has 0 spiro atoms. The molecular formula is C52H54N10O8S. The molecule has 1 unspecified atom stereocenters. The summed E-state index contributed by atoms with van der Waals surface area (Å²) in [6, 6.07) is 9.61. The van der Waals surface area contributed by atoms with E-state index < -0.39 is 48.8 Å². The average molecular weight is 982 g/mol. The third-order valence-corrected chi connectivity index (χ3v) is 16.9. The second kappa shape index (κ2) is 17.7. The largest absolute Gasteiger partial charge is 0.489 e. The van der Waals surface area contributed by atoms with Crippen LogP contribution in [-0.4, -0.2) is 122 Å². The molecule has 10 heterocycles. The number of nitrogens with zero attached hydrogens (tertiary/aromatic N) is 8. The Morgan fingerprint density at radius 2 is 1.72 bits per heavy atom. The van der Waals surface area contributed by atoms with Crippen LogP contribution in [0.1, 0.15) is 102 Å². The number of thiophene rings is 1. The molecule has 5 amide bonds. The number of aromatic nitrogens is 3. The molecule has 0 saturated carbocycles. The van der Waals surface area contributed by atoms with Crippen molar-refractivity contribution in [3.8, 4) is 16.9 Å². The van der Waals surface area contributed by atoms with Gasteiger partial charge in [-0.15, -0.1) is 11.3 Å². The fourth-order valence-corrected chi connectivity index (χ4v) is 13.4. The van der Waals surface area contributed by atoms with Crippen LogP contribution in [0.3, 0.4) is 0 Å². The first kappa shape index (κ1) is 41.8. The zero-order valence-corrected chi connectivity index (χ0v) is 39.9. The van der Waals surface area contributed by atoms with Gasteiger partial charge in [0.1, 0.15) is 35.7 Å². The van der Waals surface area contributed by atoms with E-state index >= 15 is 0 Å². The molecule has 1 aromatic carbocycles. The van der Waals surface area contributed by atoms with E-state index in [0.29, 0.717) is 63.1 Å². The quantitative estimate of drug-likeness (QED) is 0.183. The summed E-state index contributed by atoms with van der Waals surface area (Å²) < 4.78 is 31.8. The lowest BCUT2D eigenvalue weighted by Crippen LogP contribution is -2.59. The summed E-state index contributed by atoms with van der Waals surface area (Å²) in [4.78, 5) is 100. The number of carbonyl (C=O) groups is 5.